The Morgan fingerprint density at radius 1 is 0.632 bits per heavy atom. The molecule has 38 heavy (non-hydrogen) atoms. The van der Waals surface area contributed by atoms with Gasteiger partial charge in [-0.15, -0.1) is 0 Å². The van der Waals surface area contributed by atoms with Gasteiger partial charge in [0.25, 0.3) is 10.1 Å². The van der Waals surface area contributed by atoms with Crippen molar-refractivity contribution >= 4 is 22.3 Å². The second kappa shape index (κ2) is 14.7. The summed E-state index contributed by atoms with van der Waals surface area (Å²) in [7, 11) is -3.68. The molecule has 0 heterocycles. The highest BCUT2D eigenvalue weighted by molar-refractivity contribution is 7.85. The molecule has 3 aromatic rings. The van der Waals surface area contributed by atoms with Crippen molar-refractivity contribution in [3.05, 3.63) is 108 Å². The number of amides is 2. The second-order valence-corrected chi connectivity index (χ2v) is 10.1. The molecule has 9 nitrogen and oxygen atoms in total. The molecule has 0 fully saturated rings. The summed E-state index contributed by atoms with van der Waals surface area (Å²) in [5.41, 5.74) is 2.55. The summed E-state index contributed by atoms with van der Waals surface area (Å²) in [6, 6.07) is 27.9. The Morgan fingerprint density at radius 3 is 1.53 bits per heavy atom. The molecular formula is C28H32N2O7S. The fourth-order valence-electron chi connectivity index (χ4n) is 3.49. The summed E-state index contributed by atoms with van der Waals surface area (Å²) in [5, 5.41) is 0. The Labute approximate surface area is 223 Å². The molecule has 0 saturated carbocycles. The second-order valence-electron chi connectivity index (χ2n) is 8.50. The fourth-order valence-corrected chi connectivity index (χ4v) is 3.87. The zero-order chi connectivity index (χ0) is 27.2. The van der Waals surface area contributed by atoms with E-state index in [4.69, 9.17) is 13.7 Å². The van der Waals surface area contributed by atoms with Gasteiger partial charge in [0.1, 0.15) is 13.2 Å². The van der Waals surface area contributed by atoms with Gasteiger partial charge in [-0.3, -0.25) is 4.18 Å². The van der Waals surface area contributed by atoms with E-state index in [9.17, 15) is 18.0 Å². The van der Waals surface area contributed by atoms with Gasteiger partial charge in [-0.25, -0.2) is 9.59 Å². The molecule has 202 valence electrons. The van der Waals surface area contributed by atoms with Crippen molar-refractivity contribution in [2.45, 2.75) is 19.8 Å². The Morgan fingerprint density at radius 2 is 1.05 bits per heavy atom. The summed E-state index contributed by atoms with van der Waals surface area (Å²) in [4.78, 5) is 28.7. The van der Waals surface area contributed by atoms with Crippen molar-refractivity contribution in [1.82, 2.24) is 9.80 Å². The number of rotatable bonds is 13. The van der Waals surface area contributed by atoms with Gasteiger partial charge in [0, 0.05) is 26.2 Å². The van der Waals surface area contributed by atoms with Crippen molar-refractivity contribution in [3.8, 4) is 0 Å². The van der Waals surface area contributed by atoms with Crippen molar-refractivity contribution in [2.75, 3.05) is 32.5 Å². The number of carbonyl (C=O) groups excluding carboxylic acids is 2. The van der Waals surface area contributed by atoms with Crippen LogP contribution in [-0.2, 0) is 43.5 Å². The third kappa shape index (κ3) is 10.6. The largest absolute Gasteiger partial charge is 0.445 e. The first kappa shape index (κ1) is 28.7. The molecule has 0 aliphatic heterocycles. The lowest BCUT2D eigenvalue weighted by Gasteiger charge is -2.27. The third-order valence-corrected chi connectivity index (χ3v) is 6.04. The summed E-state index contributed by atoms with van der Waals surface area (Å²) < 4.78 is 38.6. The first-order valence-electron chi connectivity index (χ1n) is 12.1. The molecule has 0 radical (unpaired) electrons. The van der Waals surface area contributed by atoms with E-state index < -0.39 is 22.3 Å². The minimum Gasteiger partial charge on any atom is -0.445 e. The summed E-state index contributed by atoms with van der Waals surface area (Å²) in [6.07, 6.45) is -0.249. The topological polar surface area (TPSA) is 102 Å². The van der Waals surface area contributed by atoms with Crippen LogP contribution in [0.5, 0.6) is 0 Å². The molecule has 0 aromatic heterocycles. The number of ether oxygens (including phenoxy) is 2. The lowest BCUT2D eigenvalue weighted by Crippen LogP contribution is -2.42. The molecule has 0 bridgehead atoms. The van der Waals surface area contributed by atoms with Crippen LogP contribution in [-0.4, -0.2) is 62.9 Å². The van der Waals surface area contributed by atoms with Gasteiger partial charge in [-0.2, -0.15) is 8.42 Å². The molecule has 0 N–H and O–H groups in total. The molecule has 0 saturated heterocycles. The average molecular weight is 541 g/mol. The minimum atomic E-state index is -3.68. The Balaban J connectivity index is 1.67. The summed E-state index contributed by atoms with van der Waals surface area (Å²) in [6.45, 7) is 0.346. The van der Waals surface area contributed by atoms with Crippen LogP contribution in [0, 0.1) is 0 Å². The van der Waals surface area contributed by atoms with Crippen LogP contribution in [0.3, 0.4) is 0 Å². The van der Waals surface area contributed by atoms with Crippen LogP contribution in [0.15, 0.2) is 91.0 Å². The van der Waals surface area contributed by atoms with E-state index in [1.807, 2.05) is 91.0 Å². The molecule has 10 heteroatoms. The molecule has 0 aliphatic rings. The highest BCUT2D eigenvalue weighted by atomic mass is 32.2. The molecule has 0 aliphatic carbocycles. The molecule has 3 rings (SSSR count). The van der Waals surface area contributed by atoms with Crippen LogP contribution in [0.2, 0.25) is 0 Å². The third-order valence-electron chi connectivity index (χ3n) is 5.44. The number of hydrogen-bond donors (Lipinski definition) is 0. The monoisotopic (exact) mass is 540 g/mol. The van der Waals surface area contributed by atoms with E-state index in [0.29, 0.717) is 0 Å². The minimum absolute atomic E-state index is 0.0427. The molecular weight excluding hydrogens is 508 g/mol. The summed E-state index contributed by atoms with van der Waals surface area (Å²) >= 11 is 0. The number of carbonyl (C=O) groups is 2. The van der Waals surface area contributed by atoms with Gasteiger partial charge in [-0.1, -0.05) is 91.0 Å². The first-order chi connectivity index (χ1) is 18.3. The number of hydrogen-bond acceptors (Lipinski definition) is 7. The van der Waals surface area contributed by atoms with Crippen LogP contribution < -0.4 is 0 Å². The highest BCUT2D eigenvalue weighted by Gasteiger charge is 2.21. The van der Waals surface area contributed by atoms with Gasteiger partial charge < -0.3 is 19.3 Å². The molecule has 0 unspecified atom stereocenters. The number of benzene rings is 3. The lowest BCUT2D eigenvalue weighted by atomic mass is 10.2. The zero-order valence-electron chi connectivity index (χ0n) is 21.3. The quantitative estimate of drug-likeness (QED) is 0.295. The van der Waals surface area contributed by atoms with Crippen molar-refractivity contribution in [3.63, 3.8) is 0 Å². The van der Waals surface area contributed by atoms with E-state index >= 15 is 0 Å². The van der Waals surface area contributed by atoms with Gasteiger partial charge in [0.15, 0.2) is 0 Å². The van der Waals surface area contributed by atoms with Gasteiger partial charge in [0.2, 0.25) is 0 Å². The highest BCUT2D eigenvalue weighted by Crippen LogP contribution is 2.10. The lowest BCUT2D eigenvalue weighted by molar-refractivity contribution is 0.0736. The van der Waals surface area contributed by atoms with Crippen molar-refractivity contribution in [2.24, 2.45) is 0 Å². The number of nitrogens with zero attached hydrogens (tertiary/aromatic N) is 2. The normalized spacial score (nSPS) is 11.0. The molecule has 2 amide bonds. The fraction of sp³-hybridized carbons (Fsp3) is 0.286. The van der Waals surface area contributed by atoms with Crippen LogP contribution in [0.4, 0.5) is 9.59 Å². The van der Waals surface area contributed by atoms with Gasteiger partial charge in [-0.05, 0) is 16.7 Å². The standard InChI is InChI=1S/C28H32N2O7S/c1-38(33,34)37-20-19-29(27(31)35-22-25-13-7-3-8-14-25)17-18-30(21-24-11-5-2-6-12-24)28(32)36-23-26-15-9-4-10-16-26/h2-16H,17-23H2,1H3. The average Bonchev–Trinajstić information content (AvgIpc) is 2.92. The summed E-state index contributed by atoms with van der Waals surface area (Å²) in [5.74, 6) is 0. The predicted molar refractivity (Wildman–Crippen MR) is 142 cm³/mol. The van der Waals surface area contributed by atoms with E-state index in [0.717, 1.165) is 22.9 Å². The maximum Gasteiger partial charge on any atom is 0.410 e. The van der Waals surface area contributed by atoms with Gasteiger partial charge in [0.05, 0.1) is 12.9 Å². The Hall–Kier alpha value is -3.89. The van der Waals surface area contributed by atoms with Crippen LogP contribution >= 0.6 is 0 Å². The van der Waals surface area contributed by atoms with Crippen molar-refractivity contribution in [1.29, 1.82) is 0 Å². The van der Waals surface area contributed by atoms with E-state index in [1.54, 1.807) is 0 Å². The first-order valence-corrected chi connectivity index (χ1v) is 13.9. The maximum atomic E-state index is 13.0. The van der Waals surface area contributed by atoms with Crippen LogP contribution in [0.1, 0.15) is 16.7 Å². The van der Waals surface area contributed by atoms with E-state index in [2.05, 4.69) is 0 Å². The van der Waals surface area contributed by atoms with E-state index in [1.165, 1.54) is 9.80 Å². The SMILES string of the molecule is CS(=O)(=O)OCCN(CCN(Cc1ccccc1)C(=O)OCc1ccccc1)C(=O)OCc1ccccc1. The van der Waals surface area contributed by atoms with Crippen molar-refractivity contribution < 1.29 is 31.7 Å². The molecule has 3 aromatic carbocycles. The molecule has 0 spiro atoms. The van der Waals surface area contributed by atoms with Gasteiger partial charge >= 0.3 is 12.2 Å². The molecule has 0 atom stereocenters. The smallest absolute Gasteiger partial charge is 0.410 e. The Kier molecular flexibility index (Phi) is 11.1. The van der Waals surface area contributed by atoms with Crippen LogP contribution in [0.25, 0.3) is 0 Å². The maximum absolute atomic E-state index is 13.0. The predicted octanol–water partition coefficient (Wildman–Crippen LogP) is 4.44. The van der Waals surface area contributed by atoms with E-state index in [-0.39, 0.29) is 46.0 Å². The Bertz CT molecular complexity index is 1240. The zero-order valence-corrected chi connectivity index (χ0v) is 22.1.